The summed E-state index contributed by atoms with van der Waals surface area (Å²) in [5, 5.41) is 5.05. The van der Waals surface area contributed by atoms with E-state index in [0.29, 0.717) is 5.82 Å². The summed E-state index contributed by atoms with van der Waals surface area (Å²) in [5.74, 6) is 0.701. The normalized spacial score (nSPS) is 13.2. The second-order valence-corrected chi connectivity index (χ2v) is 9.89. The molecule has 0 saturated carbocycles. The third kappa shape index (κ3) is 4.45. The van der Waals surface area contributed by atoms with Crippen LogP contribution in [0.4, 0.5) is 0 Å². The molecular weight excluding hydrogens is 464 g/mol. The van der Waals surface area contributed by atoms with Crippen molar-refractivity contribution in [1.82, 2.24) is 25.3 Å². The summed E-state index contributed by atoms with van der Waals surface area (Å²) in [6.07, 6.45) is 9.64. The van der Waals surface area contributed by atoms with Gasteiger partial charge in [-0.1, -0.05) is 32.6 Å². The highest BCUT2D eigenvalue weighted by Gasteiger charge is 2.19. The van der Waals surface area contributed by atoms with Crippen LogP contribution in [0.1, 0.15) is 43.1 Å². The number of fused-ring (bicyclic) bond motifs is 2. The average molecular weight is 493 g/mol. The molecule has 2 N–H and O–H groups in total. The molecule has 6 nitrogen and oxygen atoms in total. The number of imidazole rings is 1. The molecular formula is C29H28N6S. The summed E-state index contributed by atoms with van der Waals surface area (Å²) in [6.45, 7) is 14.3. The van der Waals surface area contributed by atoms with E-state index in [4.69, 9.17) is 9.97 Å². The van der Waals surface area contributed by atoms with Crippen LogP contribution >= 0.6 is 11.3 Å². The van der Waals surface area contributed by atoms with Crippen LogP contribution in [0.25, 0.3) is 32.9 Å². The summed E-state index contributed by atoms with van der Waals surface area (Å²) in [4.78, 5) is 24.9. The summed E-state index contributed by atoms with van der Waals surface area (Å²) < 4.78 is 0. The quantitative estimate of drug-likeness (QED) is 0.300. The van der Waals surface area contributed by atoms with Gasteiger partial charge < -0.3 is 10.3 Å². The maximum atomic E-state index is 4.94. The van der Waals surface area contributed by atoms with Crippen molar-refractivity contribution in [3.05, 3.63) is 106 Å². The lowest BCUT2D eigenvalue weighted by molar-refractivity contribution is 0.829. The molecule has 180 valence electrons. The number of aromatic amines is 1. The van der Waals surface area contributed by atoms with Crippen molar-refractivity contribution >= 4 is 33.6 Å². The first kappa shape index (κ1) is 23.6. The Bertz CT molecular complexity index is 1680. The van der Waals surface area contributed by atoms with Gasteiger partial charge in [-0.15, -0.1) is 11.3 Å². The molecule has 0 fully saturated rings. The molecule has 0 radical (unpaired) electrons. The molecule has 5 rings (SSSR count). The number of allylic oxidation sites excluding steroid dienone is 5. The Labute approximate surface area is 214 Å². The van der Waals surface area contributed by atoms with Gasteiger partial charge in [0.15, 0.2) is 5.82 Å². The first-order valence-corrected chi connectivity index (χ1v) is 12.8. The minimum atomic E-state index is 0.701. The number of pyridine rings is 2. The van der Waals surface area contributed by atoms with Crippen molar-refractivity contribution in [2.24, 2.45) is 4.99 Å². The lowest BCUT2D eigenvalue weighted by atomic mass is 10.1. The number of nitrogens with zero attached hydrogens (tertiary/aromatic N) is 4. The number of hydrogen-bond donors (Lipinski definition) is 2. The fraction of sp³-hybridized carbons (Fsp3) is 0.172. The Morgan fingerprint density at radius 3 is 2.75 bits per heavy atom. The third-order valence-corrected chi connectivity index (χ3v) is 6.95. The molecule has 1 aliphatic heterocycles. The molecule has 1 aliphatic rings. The van der Waals surface area contributed by atoms with Crippen molar-refractivity contribution in [3.63, 3.8) is 0 Å². The Kier molecular flexibility index (Phi) is 6.48. The van der Waals surface area contributed by atoms with Gasteiger partial charge in [-0.25, -0.2) is 15.0 Å². The van der Waals surface area contributed by atoms with Crippen LogP contribution in [0.3, 0.4) is 0 Å². The van der Waals surface area contributed by atoms with Gasteiger partial charge in [-0.05, 0) is 68.3 Å². The maximum absolute atomic E-state index is 4.94. The minimum Gasteiger partial charge on any atom is -0.359 e. The van der Waals surface area contributed by atoms with Crippen LogP contribution in [-0.4, -0.2) is 19.9 Å². The lowest BCUT2D eigenvalue weighted by Gasteiger charge is -2.12. The minimum absolute atomic E-state index is 0.701. The van der Waals surface area contributed by atoms with Gasteiger partial charge >= 0.3 is 0 Å². The largest absolute Gasteiger partial charge is 0.359 e. The zero-order chi connectivity index (χ0) is 25.2. The smallest absolute Gasteiger partial charge is 0.159 e. The molecule has 0 aromatic carbocycles. The van der Waals surface area contributed by atoms with Crippen molar-refractivity contribution < 1.29 is 0 Å². The average Bonchev–Trinajstić information content (AvgIpc) is 3.48. The van der Waals surface area contributed by atoms with Gasteiger partial charge in [-0.2, -0.15) is 0 Å². The van der Waals surface area contributed by atoms with Gasteiger partial charge in [0.25, 0.3) is 0 Å². The van der Waals surface area contributed by atoms with E-state index in [2.05, 4.69) is 59.4 Å². The van der Waals surface area contributed by atoms with Crippen LogP contribution < -0.4 is 16.0 Å². The van der Waals surface area contributed by atoms with E-state index in [1.807, 2.05) is 43.5 Å². The molecule has 4 aromatic heterocycles. The molecule has 0 amide bonds. The van der Waals surface area contributed by atoms with Crippen LogP contribution in [-0.2, 0) is 0 Å². The number of hydrogen-bond acceptors (Lipinski definition) is 6. The monoisotopic (exact) mass is 492 g/mol. The topological polar surface area (TPSA) is 78.8 Å². The van der Waals surface area contributed by atoms with Crippen LogP contribution in [0.15, 0.2) is 84.3 Å². The summed E-state index contributed by atoms with van der Waals surface area (Å²) in [5.41, 5.74) is 7.11. The van der Waals surface area contributed by atoms with Gasteiger partial charge in [0.2, 0.25) is 0 Å². The Morgan fingerprint density at radius 2 is 2.03 bits per heavy atom. The van der Waals surface area contributed by atoms with Gasteiger partial charge in [0.05, 0.1) is 21.4 Å². The summed E-state index contributed by atoms with van der Waals surface area (Å²) >= 11 is 1.71. The van der Waals surface area contributed by atoms with E-state index in [9.17, 15) is 0 Å². The zero-order valence-electron chi connectivity index (χ0n) is 20.7. The van der Waals surface area contributed by atoms with Crippen molar-refractivity contribution in [3.8, 4) is 10.6 Å². The molecule has 0 spiro atoms. The highest BCUT2D eigenvalue weighted by molar-refractivity contribution is 7.15. The first-order chi connectivity index (χ1) is 17.5. The molecule has 0 aliphatic carbocycles. The molecule has 0 bridgehead atoms. The second-order valence-electron chi connectivity index (χ2n) is 8.60. The van der Waals surface area contributed by atoms with Crippen LogP contribution in [0.2, 0.25) is 0 Å². The Hall–Kier alpha value is -4.10. The van der Waals surface area contributed by atoms with Gasteiger partial charge in [-0.3, -0.25) is 4.98 Å². The Morgan fingerprint density at radius 1 is 1.17 bits per heavy atom. The fourth-order valence-corrected chi connectivity index (χ4v) is 5.00. The van der Waals surface area contributed by atoms with E-state index >= 15 is 0 Å². The van der Waals surface area contributed by atoms with Crippen molar-refractivity contribution in [2.75, 3.05) is 0 Å². The van der Waals surface area contributed by atoms with Crippen LogP contribution in [0.5, 0.6) is 0 Å². The third-order valence-electron chi connectivity index (χ3n) is 5.94. The van der Waals surface area contributed by atoms with Gasteiger partial charge in [0, 0.05) is 22.5 Å². The van der Waals surface area contributed by atoms with Crippen molar-refractivity contribution in [1.29, 1.82) is 0 Å². The molecule has 5 heterocycles. The van der Waals surface area contributed by atoms with E-state index in [1.165, 1.54) is 4.88 Å². The van der Waals surface area contributed by atoms with E-state index in [-0.39, 0.29) is 0 Å². The number of aromatic nitrogens is 4. The predicted octanol–water partition coefficient (Wildman–Crippen LogP) is 5.56. The molecule has 7 heteroatoms. The number of H-pyrrole nitrogens is 1. The molecule has 36 heavy (non-hydrogen) atoms. The molecule has 0 unspecified atom stereocenters. The summed E-state index contributed by atoms with van der Waals surface area (Å²) in [7, 11) is 0. The SMILES string of the molecule is C=C/C(=C\C(=C/C)c1ccc2c(n1)=C(c1nc3c(-c4ccc(C)s4)nccc3[nH]1)N=2)NC(=C)CCC. The lowest BCUT2D eigenvalue weighted by Crippen LogP contribution is -2.39. The first-order valence-electron chi connectivity index (χ1n) is 12.0. The van der Waals surface area contributed by atoms with E-state index < -0.39 is 0 Å². The fourth-order valence-electron chi connectivity index (χ4n) is 4.14. The standard InChI is InChI=1S/C29H28N6S/c1-6-9-17(4)31-20(8-3)16-19(7-2)21-11-12-22-26(32-21)28(33-22)29-34-23-14-15-30-27(25(23)35-29)24-13-10-18(5)36-24/h7-8,10-16,31H,3-4,6,9H2,1-2,5H3,(H,34,35)/b19-7+,20-16+. The van der Waals surface area contributed by atoms with Crippen LogP contribution in [0, 0.1) is 6.92 Å². The maximum Gasteiger partial charge on any atom is 0.159 e. The highest BCUT2D eigenvalue weighted by Crippen LogP contribution is 2.31. The number of nitrogens with one attached hydrogen (secondary N) is 2. The molecule has 0 saturated heterocycles. The van der Waals surface area contributed by atoms with E-state index in [1.54, 1.807) is 17.4 Å². The van der Waals surface area contributed by atoms with Crippen molar-refractivity contribution in [2.45, 2.75) is 33.6 Å². The number of aryl methyl sites for hydroxylation is 1. The number of thiophene rings is 1. The predicted molar refractivity (Wildman–Crippen MR) is 149 cm³/mol. The highest BCUT2D eigenvalue weighted by atomic mass is 32.1. The zero-order valence-corrected chi connectivity index (χ0v) is 21.5. The Balaban J connectivity index is 1.52. The molecule has 4 aromatic rings. The summed E-state index contributed by atoms with van der Waals surface area (Å²) in [6, 6.07) is 10.1. The molecule has 0 atom stereocenters. The number of rotatable bonds is 9. The second kappa shape index (κ2) is 9.87. The van der Waals surface area contributed by atoms with Gasteiger partial charge in [0.1, 0.15) is 22.3 Å². The van der Waals surface area contributed by atoms with E-state index in [0.717, 1.165) is 73.5 Å².